The molecule has 5 nitrogen and oxygen atoms in total. The second-order valence-corrected chi connectivity index (χ2v) is 6.32. The number of pyridine rings is 1. The van der Waals surface area contributed by atoms with Gasteiger partial charge in [-0.3, -0.25) is 14.6 Å². The number of ether oxygens (including phenoxy) is 1. The van der Waals surface area contributed by atoms with Crippen LogP contribution in [-0.2, 0) is 11.2 Å². The van der Waals surface area contributed by atoms with E-state index in [9.17, 15) is 22.8 Å². The van der Waals surface area contributed by atoms with Gasteiger partial charge in [0.15, 0.2) is 0 Å². The van der Waals surface area contributed by atoms with E-state index in [0.29, 0.717) is 23.2 Å². The zero-order chi connectivity index (χ0) is 20.7. The van der Waals surface area contributed by atoms with Crippen LogP contribution in [0.1, 0.15) is 54.3 Å². The number of halogens is 3. The van der Waals surface area contributed by atoms with Crippen LogP contribution in [0.15, 0.2) is 42.6 Å². The summed E-state index contributed by atoms with van der Waals surface area (Å²) in [6, 6.07) is 7.92. The van der Waals surface area contributed by atoms with E-state index in [1.54, 1.807) is 19.1 Å². The van der Waals surface area contributed by atoms with E-state index in [-0.39, 0.29) is 18.0 Å². The fourth-order valence-electron chi connectivity index (χ4n) is 2.63. The van der Waals surface area contributed by atoms with Crippen molar-refractivity contribution in [3.8, 4) is 5.75 Å². The molecular weight excluding hydrogens is 373 g/mol. The molecule has 0 fully saturated rings. The Labute approximate surface area is 160 Å². The zero-order valence-electron chi connectivity index (χ0n) is 15.5. The molecule has 150 valence electrons. The lowest BCUT2D eigenvalue weighted by Crippen LogP contribution is -2.27. The van der Waals surface area contributed by atoms with Crippen molar-refractivity contribution in [2.75, 3.05) is 0 Å². The highest BCUT2D eigenvalue weighted by Crippen LogP contribution is 2.25. The number of amides is 1. The standard InChI is InChI=1S/C20H21F3N2O3/c1-3-5-17(26)12-16-10-15(8-9-24-16)19(27)25-13(2)14-6-4-7-18(11-14)28-20(21,22)23/h4,6-11,13H,3,5,12H2,1-2H3,(H,25,27). The van der Waals surface area contributed by atoms with Crippen molar-refractivity contribution in [1.82, 2.24) is 10.3 Å². The summed E-state index contributed by atoms with van der Waals surface area (Å²) in [6.45, 7) is 3.56. The lowest BCUT2D eigenvalue weighted by Gasteiger charge is -2.16. The van der Waals surface area contributed by atoms with Crippen LogP contribution in [0.2, 0.25) is 0 Å². The molecule has 2 rings (SSSR count). The third-order valence-corrected chi connectivity index (χ3v) is 3.93. The monoisotopic (exact) mass is 394 g/mol. The molecular formula is C20H21F3N2O3. The molecule has 0 spiro atoms. The number of ketones is 1. The van der Waals surface area contributed by atoms with Gasteiger partial charge in [0.2, 0.25) is 0 Å². The van der Waals surface area contributed by atoms with Gasteiger partial charge in [-0.15, -0.1) is 13.2 Å². The number of carbonyl (C=O) groups excluding carboxylic acids is 2. The molecule has 2 aromatic rings. The minimum absolute atomic E-state index is 0.0439. The van der Waals surface area contributed by atoms with Crippen LogP contribution < -0.4 is 10.1 Å². The van der Waals surface area contributed by atoms with Gasteiger partial charge < -0.3 is 10.1 Å². The van der Waals surface area contributed by atoms with Crippen LogP contribution >= 0.6 is 0 Å². The molecule has 1 amide bonds. The Bertz CT molecular complexity index is 837. The average molecular weight is 394 g/mol. The molecule has 28 heavy (non-hydrogen) atoms. The number of hydrogen-bond acceptors (Lipinski definition) is 4. The zero-order valence-corrected chi connectivity index (χ0v) is 15.5. The van der Waals surface area contributed by atoms with Crippen molar-refractivity contribution in [2.24, 2.45) is 0 Å². The summed E-state index contributed by atoms with van der Waals surface area (Å²) in [6.07, 6.45) is -1.99. The first kappa shape index (κ1) is 21.4. The van der Waals surface area contributed by atoms with Crippen LogP contribution in [0.5, 0.6) is 5.75 Å². The highest BCUT2D eigenvalue weighted by molar-refractivity contribution is 5.94. The third-order valence-electron chi connectivity index (χ3n) is 3.93. The normalized spacial score (nSPS) is 12.3. The number of alkyl halides is 3. The predicted octanol–water partition coefficient (Wildman–Crippen LogP) is 4.38. The SMILES string of the molecule is CCCC(=O)Cc1cc(C(=O)NC(C)c2cccc(OC(F)(F)F)c2)ccn1. The van der Waals surface area contributed by atoms with Gasteiger partial charge in [-0.2, -0.15) is 0 Å². The Morgan fingerprint density at radius 2 is 1.96 bits per heavy atom. The van der Waals surface area contributed by atoms with Gasteiger partial charge in [0.05, 0.1) is 6.04 Å². The lowest BCUT2D eigenvalue weighted by molar-refractivity contribution is -0.274. The van der Waals surface area contributed by atoms with E-state index < -0.39 is 18.3 Å². The molecule has 0 aliphatic rings. The Morgan fingerprint density at radius 3 is 2.64 bits per heavy atom. The number of Topliss-reactive ketones (excluding diaryl/α,β-unsaturated/α-hetero) is 1. The van der Waals surface area contributed by atoms with Crippen LogP contribution in [-0.4, -0.2) is 23.0 Å². The number of nitrogens with zero attached hydrogens (tertiary/aromatic N) is 1. The smallest absolute Gasteiger partial charge is 0.406 e. The first-order valence-corrected chi connectivity index (χ1v) is 8.81. The Kier molecular flexibility index (Phi) is 7.14. The maximum atomic E-state index is 12.5. The molecule has 1 aromatic carbocycles. The van der Waals surface area contributed by atoms with Gasteiger partial charge >= 0.3 is 6.36 Å². The molecule has 0 aliphatic heterocycles. The minimum atomic E-state index is -4.78. The molecule has 0 saturated heterocycles. The topological polar surface area (TPSA) is 68.3 Å². The van der Waals surface area contributed by atoms with Crippen molar-refractivity contribution in [1.29, 1.82) is 0 Å². The first-order chi connectivity index (χ1) is 13.2. The number of aromatic nitrogens is 1. The van der Waals surface area contributed by atoms with E-state index in [1.165, 1.54) is 30.5 Å². The van der Waals surface area contributed by atoms with Gasteiger partial charge in [0.1, 0.15) is 11.5 Å². The summed E-state index contributed by atoms with van der Waals surface area (Å²) < 4.78 is 41.0. The van der Waals surface area contributed by atoms with Crippen LogP contribution in [0.4, 0.5) is 13.2 Å². The highest BCUT2D eigenvalue weighted by atomic mass is 19.4. The maximum absolute atomic E-state index is 12.5. The Hall–Kier alpha value is -2.90. The average Bonchev–Trinajstić information content (AvgIpc) is 2.60. The largest absolute Gasteiger partial charge is 0.573 e. The fourth-order valence-corrected chi connectivity index (χ4v) is 2.63. The van der Waals surface area contributed by atoms with Crippen molar-refractivity contribution >= 4 is 11.7 Å². The van der Waals surface area contributed by atoms with Crippen LogP contribution in [0.25, 0.3) is 0 Å². The molecule has 1 unspecified atom stereocenters. The van der Waals surface area contributed by atoms with E-state index in [1.807, 2.05) is 6.92 Å². The number of benzene rings is 1. The Balaban J connectivity index is 2.06. The maximum Gasteiger partial charge on any atom is 0.573 e. The number of nitrogens with one attached hydrogen (secondary N) is 1. The Morgan fingerprint density at radius 1 is 1.21 bits per heavy atom. The quantitative estimate of drug-likeness (QED) is 0.721. The van der Waals surface area contributed by atoms with Crippen LogP contribution in [0, 0.1) is 0 Å². The summed E-state index contributed by atoms with van der Waals surface area (Å²) >= 11 is 0. The summed E-state index contributed by atoms with van der Waals surface area (Å²) in [5.74, 6) is -0.727. The number of rotatable bonds is 8. The third kappa shape index (κ3) is 6.68. The number of hydrogen-bond donors (Lipinski definition) is 1. The molecule has 0 radical (unpaired) electrons. The van der Waals surface area contributed by atoms with E-state index in [0.717, 1.165) is 6.42 Å². The summed E-state index contributed by atoms with van der Waals surface area (Å²) in [5, 5.41) is 2.72. The van der Waals surface area contributed by atoms with Gasteiger partial charge in [0.25, 0.3) is 5.91 Å². The molecule has 0 saturated carbocycles. The highest BCUT2D eigenvalue weighted by Gasteiger charge is 2.31. The van der Waals surface area contributed by atoms with Crippen molar-refractivity contribution < 1.29 is 27.5 Å². The number of carbonyl (C=O) groups is 2. The van der Waals surface area contributed by atoms with Crippen LogP contribution in [0.3, 0.4) is 0 Å². The molecule has 1 aromatic heterocycles. The molecule has 1 heterocycles. The molecule has 1 atom stereocenters. The predicted molar refractivity (Wildman–Crippen MR) is 96.9 cm³/mol. The molecule has 8 heteroatoms. The molecule has 0 bridgehead atoms. The molecule has 0 aliphatic carbocycles. The summed E-state index contributed by atoms with van der Waals surface area (Å²) in [7, 11) is 0. The molecule has 1 N–H and O–H groups in total. The van der Waals surface area contributed by atoms with Crippen molar-refractivity contribution in [3.05, 3.63) is 59.4 Å². The summed E-state index contributed by atoms with van der Waals surface area (Å²) in [4.78, 5) is 28.3. The van der Waals surface area contributed by atoms with Gasteiger partial charge in [0, 0.05) is 30.3 Å². The van der Waals surface area contributed by atoms with E-state index in [4.69, 9.17) is 0 Å². The minimum Gasteiger partial charge on any atom is -0.406 e. The first-order valence-electron chi connectivity index (χ1n) is 8.81. The second-order valence-electron chi connectivity index (χ2n) is 6.32. The van der Waals surface area contributed by atoms with Gasteiger partial charge in [-0.1, -0.05) is 19.1 Å². The van der Waals surface area contributed by atoms with Gasteiger partial charge in [-0.25, -0.2) is 0 Å². The van der Waals surface area contributed by atoms with Crippen molar-refractivity contribution in [3.63, 3.8) is 0 Å². The van der Waals surface area contributed by atoms with Gasteiger partial charge in [-0.05, 0) is 43.2 Å². The van der Waals surface area contributed by atoms with E-state index >= 15 is 0 Å². The lowest BCUT2D eigenvalue weighted by atomic mass is 10.1. The fraction of sp³-hybridized carbons (Fsp3) is 0.350. The van der Waals surface area contributed by atoms with Crippen molar-refractivity contribution in [2.45, 2.75) is 45.5 Å². The van der Waals surface area contributed by atoms with E-state index in [2.05, 4.69) is 15.0 Å². The summed E-state index contributed by atoms with van der Waals surface area (Å²) in [5.41, 5.74) is 1.28. The second kappa shape index (κ2) is 9.34.